The van der Waals surface area contributed by atoms with Gasteiger partial charge >= 0.3 is 0 Å². The average Bonchev–Trinajstić information content (AvgIpc) is 2.52. The number of ether oxygens (including phenoxy) is 1. The van der Waals surface area contributed by atoms with Gasteiger partial charge in [-0.05, 0) is 13.3 Å². The molecule has 0 aromatic carbocycles. The van der Waals surface area contributed by atoms with Gasteiger partial charge in [0.15, 0.2) is 0 Å². The Morgan fingerprint density at radius 1 is 1.62 bits per heavy atom. The quantitative estimate of drug-likeness (QED) is 0.818. The summed E-state index contributed by atoms with van der Waals surface area (Å²) in [6, 6.07) is 2.37. The molecule has 1 N–H and O–H groups in total. The zero-order chi connectivity index (χ0) is 12.1. The lowest BCUT2D eigenvalue weighted by Crippen LogP contribution is -2.25. The van der Waals surface area contributed by atoms with Crippen molar-refractivity contribution < 1.29 is 4.74 Å². The summed E-state index contributed by atoms with van der Waals surface area (Å²) in [5.41, 5.74) is 1.36. The van der Waals surface area contributed by atoms with Crippen LogP contribution in [0.2, 0.25) is 0 Å². The number of hydrogen-bond acceptors (Lipinski definition) is 4. The fourth-order valence-corrected chi connectivity index (χ4v) is 1.61. The van der Waals surface area contributed by atoms with Crippen molar-refractivity contribution in [1.29, 1.82) is 5.26 Å². The third-order valence-corrected chi connectivity index (χ3v) is 2.54. The lowest BCUT2D eigenvalue weighted by molar-refractivity contribution is 0.184. The SMILES string of the molecule is CCC(COC)Nc1c(C#N)c(C)nn1C. The first-order valence-corrected chi connectivity index (χ1v) is 5.33. The lowest BCUT2D eigenvalue weighted by Gasteiger charge is -2.17. The van der Waals surface area contributed by atoms with Gasteiger partial charge in [0.1, 0.15) is 17.5 Å². The Morgan fingerprint density at radius 3 is 2.81 bits per heavy atom. The Balaban J connectivity index is 2.91. The predicted molar refractivity (Wildman–Crippen MR) is 62.2 cm³/mol. The molecule has 1 rings (SSSR count). The zero-order valence-corrected chi connectivity index (χ0v) is 10.2. The Hall–Kier alpha value is -1.54. The average molecular weight is 222 g/mol. The molecule has 16 heavy (non-hydrogen) atoms. The van der Waals surface area contributed by atoms with Crippen LogP contribution in [0.15, 0.2) is 0 Å². The number of aryl methyl sites for hydroxylation is 2. The molecule has 0 aliphatic heterocycles. The van der Waals surface area contributed by atoms with Crippen molar-refractivity contribution in [2.24, 2.45) is 7.05 Å². The Kier molecular flexibility index (Phi) is 4.32. The van der Waals surface area contributed by atoms with Crippen LogP contribution in [0.5, 0.6) is 0 Å². The number of hydrogen-bond donors (Lipinski definition) is 1. The van der Waals surface area contributed by atoms with E-state index in [1.807, 2.05) is 14.0 Å². The fourth-order valence-electron chi connectivity index (χ4n) is 1.61. The van der Waals surface area contributed by atoms with Crippen LogP contribution < -0.4 is 5.32 Å². The maximum Gasteiger partial charge on any atom is 0.142 e. The van der Waals surface area contributed by atoms with Crippen LogP contribution in [-0.4, -0.2) is 29.5 Å². The maximum atomic E-state index is 9.05. The molecule has 0 fully saturated rings. The Bertz CT molecular complexity index is 391. The number of anilines is 1. The highest BCUT2D eigenvalue weighted by molar-refractivity contribution is 5.55. The maximum absolute atomic E-state index is 9.05. The minimum Gasteiger partial charge on any atom is -0.383 e. The monoisotopic (exact) mass is 222 g/mol. The Labute approximate surface area is 96.0 Å². The van der Waals surface area contributed by atoms with Crippen molar-refractivity contribution >= 4 is 5.82 Å². The third kappa shape index (κ3) is 2.52. The molecule has 0 saturated heterocycles. The van der Waals surface area contributed by atoms with Gasteiger partial charge < -0.3 is 10.1 Å². The van der Waals surface area contributed by atoms with E-state index in [1.165, 1.54) is 0 Å². The third-order valence-electron chi connectivity index (χ3n) is 2.54. The molecule has 0 aliphatic carbocycles. The highest BCUT2D eigenvalue weighted by atomic mass is 16.5. The van der Waals surface area contributed by atoms with Crippen LogP contribution in [0.1, 0.15) is 24.6 Å². The first kappa shape index (κ1) is 12.5. The van der Waals surface area contributed by atoms with Crippen molar-refractivity contribution in [3.63, 3.8) is 0 Å². The molecule has 0 spiro atoms. The molecule has 5 heteroatoms. The predicted octanol–water partition coefficient (Wildman–Crippen LogP) is 1.44. The molecular weight excluding hydrogens is 204 g/mol. The molecule has 88 valence electrons. The molecule has 5 nitrogen and oxygen atoms in total. The number of nitriles is 1. The molecule has 0 aliphatic rings. The van der Waals surface area contributed by atoms with E-state index in [4.69, 9.17) is 10.00 Å². The summed E-state index contributed by atoms with van der Waals surface area (Å²) >= 11 is 0. The van der Waals surface area contributed by atoms with E-state index in [9.17, 15) is 0 Å². The van der Waals surface area contributed by atoms with E-state index in [0.29, 0.717) is 12.2 Å². The second-order valence-electron chi connectivity index (χ2n) is 3.75. The van der Waals surface area contributed by atoms with Gasteiger partial charge in [0.05, 0.1) is 18.3 Å². The summed E-state index contributed by atoms with van der Waals surface area (Å²) in [6.07, 6.45) is 0.933. The molecule has 0 radical (unpaired) electrons. The molecule has 0 saturated carbocycles. The van der Waals surface area contributed by atoms with Crippen LogP contribution in [0, 0.1) is 18.3 Å². The number of nitrogens with one attached hydrogen (secondary N) is 1. The zero-order valence-electron chi connectivity index (χ0n) is 10.2. The first-order valence-electron chi connectivity index (χ1n) is 5.33. The smallest absolute Gasteiger partial charge is 0.142 e. The van der Waals surface area contributed by atoms with E-state index < -0.39 is 0 Å². The minimum atomic E-state index is 0.201. The van der Waals surface area contributed by atoms with Crippen molar-refractivity contribution in [2.45, 2.75) is 26.3 Å². The summed E-state index contributed by atoms with van der Waals surface area (Å²) in [4.78, 5) is 0. The standard InChI is InChI=1S/C11H18N4O/c1-5-9(7-16-4)13-11-10(6-12)8(2)14-15(11)3/h9,13H,5,7H2,1-4H3. The second kappa shape index (κ2) is 5.52. The first-order chi connectivity index (χ1) is 7.63. The molecule has 0 amide bonds. The molecule has 1 aromatic rings. The van der Waals surface area contributed by atoms with Gasteiger partial charge in [-0.15, -0.1) is 0 Å². The van der Waals surface area contributed by atoms with Crippen molar-refractivity contribution in [3.8, 4) is 6.07 Å². The van der Waals surface area contributed by atoms with Crippen LogP contribution >= 0.6 is 0 Å². The number of nitrogens with zero attached hydrogens (tertiary/aromatic N) is 3. The van der Waals surface area contributed by atoms with Crippen LogP contribution in [0.4, 0.5) is 5.82 Å². The van der Waals surface area contributed by atoms with E-state index in [2.05, 4.69) is 23.4 Å². The van der Waals surface area contributed by atoms with E-state index in [0.717, 1.165) is 17.9 Å². The van der Waals surface area contributed by atoms with Crippen molar-refractivity contribution in [3.05, 3.63) is 11.3 Å². The molecule has 0 bridgehead atoms. The molecule has 1 heterocycles. The van der Waals surface area contributed by atoms with Gasteiger partial charge in [0, 0.05) is 14.2 Å². The normalized spacial score (nSPS) is 12.2. The second-order valence-corrected chi connectivity index (χ2v) is 3.75. The van der Waals surface area contributed by atoms with Gasteiger partial charge in [-0.2, -0.15) is 10.4 Å². The summed E-state index contributed by atoms with van der Waals surface area (Å²) in [5.74, 6) is 0.768. The van der Waals surface area contributed by atoms with Gasteiger partial charge in [0.25, 0.3) is 0 Å². The van der Waals surface area contributed by atoms with E-state index >= 15 is 0 Å². The molecule has 1 aromatic heterocycles. The number of methoxy groups -OCH3 is 1. The number of aromatic nitrogens is 2. The van der Waals surface area contributed by atoms with Gasteiger partial charge in [0.2, 0.25) is 0 Å². The van der Waals surface area contributed by atoms with Gasteiger partial charge in [-0.25, -0.2) is 0 Å². The highest BCUT2D eigenvalue weighted by Crippen LogP contribution is 2.18. The summed E-state index contributed by atoms with van der Waals surface area (Å²) in [6.45, 7) is 4.53. The van der Waals surface area contributed by atoms with Crippen molar-refractivity contribution in [1.82, 2.24) is 9.78 Å². The topological polar surface area (TPSA) is 62.9 Å². The van der Waals surface area contributed by atoms with Gasteiger partial charge in [-0.1, -0.05) is 6.92 Å². The van der Waals surface area contributed by atoms with E-state index in [1.54, 1.807) is 11.8 Å². The fraction of sp³-hybridized carbons (Fsp3) is 0.636. The number of rotatable bonds is 5. The summed E-state index contributed by atoms with van der Waals surface area (Å²) in [7, 11) is 3.50. The molecule has 1 unspecified atom stereocenters. The van der Waals surface area contributed by atoms with Gasteiger partial charge in [-0.3, -0.25) is 4.68 Å². The molecule has 1 atom stereocenters. The minimum absolute atomic E-state index is 0.201. The summed E-state index contributed by atoms with van der Waals surface area (Å²) in [5, 5.41) is 16.6. The van der Waals surface area contributed by atoms with Crippen LogP contribution in [0.25, 0.3) is 0 Å². The lowest BCUT2D eigenvalue weighted by atomic mass is 10.2. The molecular formula is C11H18N4O. The Morgan fingerprint density at radius 2 is 2.31 bits per heavy atom. The van der Waals surface area contributed by atoms with Crippen LogP contribution in [0.3, 0.4) is 0 Å². The van der Waals surface area contributed by atoms with E-state index in [-0.39, 0.29) is 6.04 Å². The highest BCUT2D eigenvalue weighted by Gasteiger charge is 2.15. The summed E-state index contributed by atoms with van der Waals surface area (Å²) < 4.78 is 6.81. The van der Waals surface area contributed by atoms with Crippen molar-refractivity contribution in [2.75, 3.05) is 19.0 Å². The van der Waals surface area contributed by atoms with Crippen LogP contribution in [-0.2, 0) is 11.8 Å². The largest absolute Gasteiger partial charge is 0.383 e.